The van der Waals surface area contributed by atoms with E-state index in [0.717, 1.165) is 6.20 Å². The number of fused-ring (bicyclic) bond motifs is 1. The van der Waals surface area contributed by atoms with E-state index in [1.54, 1.807) is 12.1 Å². The lowest BCUT2D eigenvalue weighted by Crippen LogP contribution is -2.16. The van der Waals surface area contributed by atoms with Crippen LogP contribution in [0.1, 0.15) is 5.56 Å². The van der Waals surface area contributed by atoms with Gasteiger partial charge in [-0.1, -0.05) is 0 Å². The van der Waals surface area contributed by atoms with E-state index < -0.39 is 18.5 Å². The van der Waals surface area contributed by atoms with Gasteiger partial charge in [0.15, 0.2) is 0 Å². The van der Waals surface area contributed by atoms with Crippen LogP contribution in [0.4, 0.5) is 4.39 Å². The molecule has 2 rings (SSSR count). The maximum absolute atomic E-state index is 13.7. The molecule has 0 radical (unpaired) electrons. The minimum absolute atomic E-state index is 0.0263. The Morgan fingerprint density at radius 3 is 2.89 bits per heavy atom. The van der Waals surface area contributed by atoms with Crippen LogP contribution in [-0.2, 0) is 6.42 Å². The first kappa shape index (κ1) is 12.7. The first-order valence-corrected chi connectivity index (χ1v) is 5.42. The van der Waals surface area contributed by atoms with Crippen molar-refractivity contribution < 1.29 is 19.3 Å². The van der Waals surface area contributed by atoms with Crippen LogP contribution in [0, 0.1) is 5.82 Å². The van der Waals surface area contributed by atoms with E-state index in [0.29, 0.717) is 16.9 Å². The Morgan fingerprint density at radius 2 is 2.22 bits per heavy atom. The summed E-state index contributed by atoms with van der Waals surface area (Å²) in [5, 5.41) is 18.3. The third-order valence-electron chi connectivity index (χ3n) is 2.60. The number of methoxy groups -OCH3 is 1. The zero-order chi connectivity index (χ0) is 13.1. The van der Waals surface area contributed by atoms with Gasteiger partial charge in [0.25, 0.3) is 0 Å². The molecule has 0 saturated heterocycles. The van der Waals surface area contributed by atoms with E-state index in [2.05, 4.69) is 9.97 Å². The molecule has 0 fully saturated rings. The molecule has 0 spiro atoms. The van der Waals surface area contributed by atoms with Gasteiger partial charge in [-0.15, -0.1) is 0 Å². The quantitative estimate of drug-likeness (QED) is 0.836. The lowest BCUT2D eigenvalue weighted by Gasteiger charge is -2.10. The lowest BCUT2D eigenvalue weighted by molar-refractivity contribution is 0.0950. The Bertz CT molecular complexity index is 562. The van der Waals surface area contributed by atoms with Gasteiger partial charge in [-0.3, -0.25) is 4.98 Å². The summed E-state index contributed by atoms with van der Waals surface area (Å²) in [4.78, 5) is 8.04. The van der Waals surface area contributed by atoms with Gasteiger partial charge >= 0.3 is 0 Å². The molecule has 1 unspecified atom stereocenters. The molecule has 0 aliphatic rings. The normalized spacial score (nSPS) is 12.7. The summed E-state index contributed by atoms with van der Waals surface area (Å²) < 4.78 is 18.7. The maximum atomic E-state index is 13.7. The SMILES string of the molecule is COc1ccc2ncc(F)c(CC(O)CO)c2n1. The average molecular weight is 252 g/mol. The highest BCUT2D eigenvalue weighted by Gasteiger charge is 2.15. The highest BCUT2D eigenvalue weighted by Crippen LogP contribution is 2.22. The molecule has 2 N–H and O–H groups in total. The summed E-state index contributed by atoms with van der Waals surface area (Å²) in [5.74, 6) is -0.217. The fraction of sp³-hybridized carbons (Fsp3) is 0.333. The van der Waals surface area contributed by atoms with Gasteiger partial charge in [0.05, 0.1) is 37.1 Å². The minimum atomic E-state index is -1.03. The van der Waals surface area contributed by atoms with Crippen LogP contribution in [0.5, 0.6) is 5.88 Å². The molecular formula is C12H13FN2O3. The summed E-state index contributed by atoms with van der Waals surface area (Å²) in [6, 6.07) is 3.29. The third kappa shape index (κ3) is 2.39. The van der Waals surface area contributed by atoms with Crippen molar-refractivity contribution in [2.75, 3.05) is 13.7 Å². The van der Waals surface area contributed by atoms with Gasteiger partial charge in [0.2, 0.25) is 5.88 Å². The van der Waals surface area contributed by atoms with E-state index in [1.807, 2.05) is 0 Å². The molecule has 5 nitrogen and oxygen atoms in total. The van der Waals surface area contributed by atoms with Crippen LogP contribution in [0.15, 0.2) is 18.3 Å². The Morgan fingerprint density at radius 1 is 1.44 bits per heavy atom. The molecular weight excluding hydrogens is 239 g/mol. The molecule has 0 amide bonds. The van der Waals surface area contributed by atoms with E-state index in [1.165, 1.54) is 7.11 Å². The molecule has 2 aromatic heterocycles. The molecule has 96 valence electrons. The van der Waals surface area contributed by atoms with Crippen LogP contribution in [-0.4, -0.2) is 40.0 Å². The molecule has 0 saturated carbocycles. The van der Waals surface area contributed by atoms with Crippen molar-refractivity contribution in [2.24, 2.45) is 0 Å². The maximum Gasteiger partial charge on any atom is 0.213 e. The highest BCUT2D eigenvalue weighted by atomic mass is 19.1. The summed E-state index contributed by atoms with van der Waals surface area (Å²) in [6.45, 7) is -0.437. The number of aliphatic hydroxyl groups excluding tert-OH is 2. The predicted molar refractivity (Wildman–Crippen MR) is 62.8 cm³/mol. The summed E-state index contributed by atoms with van der Waals surface area (Å²) >= 11 is 0. The van der Waals surface area contributed by atoms with Gasteiger partial charge in [0, 0.05) is 18.1 Å². The summed E-state index contributed by atoms with van der Waals surface area (Å²) in [7, 11) is 1.46. The average Bonchev–Trinajstić information content (AvgIpc) is 2.41. The second-order valence-electron chi connectivity index (χ2n) is 3.85. The van der Waals surface area contributed by atoms with E-state index >= 15 is 0 Å². The van der Waals surface area contributed by atoms with Gasteiger partial charge in [-0.05, 0) is 6.07 Å². The highest BCUT2D eigenvalue weighted by molar-refractivity contribution is 5.78. The predicted octanol–water partition coefficient (Wildman–Crippen LogP) is 0.673. The lowest BCUT2D eigenvalue weighted by atomic mass is 10.1. The zero-order valence-electron chi connectivity index (χ0n) is 9.80. The summed E-state index contributed by atoms with van der Waals surface area (Å²) in [5.41, 5.74) is 1.07. The first-order valence-electron chi connectivity index (χ1n) is 5.42. The third-order valence-corrected chi connectivity index (χ3v) is 2.60. The van der Waals surface area contributed by atoms with Crippen molar-refractivity contribution in [1.29, 1.82) is 0 Å². The first-order chi connectivity index (χ1) is 8.65. The number of rotatable bonds is 4. The van der Waals surface area contributed by atoms with Crippen molar-refractivity contribution in [1.82, 2.24) is 9.97 Å². The Hall–Kier alpha value is -1.79. The fourth-order valence-electron chi connectivity index (χ4n) is 1.69. The molecule has 2 aromatic rings. The van der Waals surface area contributed by atoms with Crippen molar-refractivity contribution in [2.45, 2.75) is 12.5 Å². The molecule has 6 heteroatoms. The number of aliphatic hydroxyl groups is 2. The van der Waals surface area contributed by atoms with Crippen LogP contribution in [0.3, 0.4) is 0 Å². The second-order valence-corrected chi connectivity index (χ2v) is 3.85. The fourth-order valence-corrected chi connectivity index (χ4v) is 1.69. The van der Waals surface area contributed by atoms with Gasteiger partial charge in [-0.25, -0.2) is 9.37 Å². The molecule has 0 aliphatic carbocycles. The molecule has 0 aliphatic heterocycles. The van der Waals surface area contributed by atoms with Gasteiger partial charge < -0.3 is 14.9 Å². The van der Waals surface area contributed by atoms with E-state index in [4.69, 9.17) is 9.84 Å². The molecule has 2 heterocycles. The van der Waals surface area contributed by atoms with Crippen molar-refractivity contribution in [3.05, 3.63) is 29.7 Å². The van der Waals surface area contributed by atoms with Crippen molar-refractivity contribution >= 4 is 11.0 Å². The monoisotopic (exact) mass is 252 g/mol. The Kier molecular flexibility index (Phi) is 3.69. The molecule has 0 aromatic carbocycles. The second kappa shape index (κ2) is 5.24. The van der Waals surface area contributed by atoms with Crippen LogP contribution in [0.2, 0.25) is 0 Å². The van der Waals surface area contributed by atoms with E-state index in [-0.39, 0.29) is 12.0 Å². The number of halogens is 1. The number of hydrogen-bond acceptors (Lipinski definition) is 5. The number of nitrogens with zero attached hydrogens (tertiary/aromatic N) is 2. The number of pyridine rings is 2. The van der Waals surface area contributed by atoms with Crippen molar-refractivity contribution in [3.8, 4) is 5.88 Å². The minimum Gasteiger partial charge on any atom is -0.481 e. The summed E-state index contributed by atoms with van der Waals surface area (Å²) in [6.07, 6.45) is 0.0235. The largest absolute Gasteiger partial charge is 0.481 e. The number of ether oxygens (including phenoxy) is 1. The zero-order valence-corrected chi connectivity index (χ0v) is 9.80. The Labute approximate surface area is 103 Å². The van der Waals surface area contributed by atoms with Crippen LogP contribution >= 0.6 is 0 Å². The van der Waals surface area contributed by atoms with Gasteiger partial charge in [0.1, 0.15) is 5.82 Å². The van der Waals surface area contributed by atoms with Crippen LogP contribution in [0.25, 0.3) is 11.0 Å². The van der Waals surface area contributed by atoms with Gasteiger partial charge in [-0.2, -0.15) is 0 Å². The van der Waals surface area contributed by atoms with E-state index in [9.17, 15) is 9.50 Å². The Balaban J connectivity index is 2.56. The molecule has 0 bridgehead atoms. The van der Waals surface area contributed by atoms with Crippen molar-refractivity contribution in [3.63, 3.8) is 0 Å². The smallest absolute Gasteiger partial charge is 0.213 e. The number of aromatic nitrogens is 2. The molecule has 18 heavy (non-hydrogen) atoms. The number of hydrogen-bond donors (Lipinski definition) is 2. The molecule has 1 atom stereocenters. The standard InChI is InChI=1S/C12H13FN2O3/c1-18-11-3-2-10-12(15-11)8(4-7(17)6-16)9(13)5-14-10/h2-3,5,7,16-17H,4,6H2,1H3. The van der Waals surface area contributed by atoms with Crippen LogP contribution < -0.4 is 4.74 Å². The topological polar surface area (TPSA) is 75.5 Å².